The van der Waals surface area contributed by atoms with Gasteiger partial charge in [-0.15, -0.1) is 0 Å². The third-order valence-electron chi connectivity index (χ3n) is 4.94. The smallest absolute Gasteiger partial charge is 0.120 e. The van der Waals surface area contributed by atoms with Crippen molar-refractivity contribution in [3.63, 3.8) is 0 Å². The van der Waals surface area contributed by atoms with Gasteiger partial charge in [-0.1, -0.05) is 64.3 Å². The quantitative estimate of drug-likeness (QED) is 0.420. The average molecular weight is 359 g/mol. The first-order chi connectivity index (χ1) is 11.8. The number of ether oxygens (including phenoxy) is 1. The second-order valence-electron chi connectivity index (χ2n) is 6.97. The van der Waals surface area contributed by atoms with Crippen molar-refractivity contribution in [3.8, 4) is 5.75 Å². The van der Waals surface area contributed by atoms with Crippen molar-refractivity contribution in [2.45, 2.75) is 60.8 Å². The van der Waals surface area contributed by atoms with Gasteiger partial charge in [-0.3, -0.25) is 0 Å². The lowest BCUT2D eigenvalue weighted by Crippen LogP contribution is -2.23. The number of thioether (sulfide) groups is 1. The summed E-state index contributed by atoms with van der Waals surface area (Å²) >= 11 is 1.74. The highest BCUT2D eigenvalue weighted by atomic mass is 32.2. The maximum atomic E-state index is 6.19. The molecule has 0 atom stereocenters. The van der Waals surface area contributed by atoms with Crippen LogP contribution in [-0.2, 0) is 0 Å². The summed E-state index contributed by atoms with van der Waals surface area (Å²) in [4.78, 5) is 2.38. The first kappa shape index (κ1) is 21.6. The minimum absolute atomic E-state index is 0.214. The Morgan fingerprint density at radius 1 is 1.12 bits per heavy atom. The molecule has 138 valence electrons. The molecule has 0 bridgehead atoms. The summed E-state index contributed by atoms with van der Waals surface area (Å²) in [5, 5.41) is 0. The molecular formula is C23H34OS. The summed E-state index contributed by atoms with van der Waals surface area (Å²) in [7, 11) is 0. The number of benzene rings is 1. The van der Waals surface area contributed by atoms with Gasteiger partial charge in [0.05, 0.1) is 6.61 Å². The Balaban J connectivity index is 3.09. The van der Waals surface area contributed by atoms with Gasteiger partial charge < -0.3 is 4.74 Å². The van der Waals surface area contributed by atoms with Gasteiger partial charge in [0.1, 0.15) is 5.75 Å². The van der Waals surface area contributed by atoms with E-state index in [4.69, 9.17) is 4.74 Å². The first-order valence-electron chi connectivity index (χ1n) is 9.24. The molecule has 1 nitrogen and oxygen atoms in total. The molecule has 0 saturated heterocycles. The maximum absolute atomic E-state index is 6.19. The van der Waals surface area contributed by atoms with Crippen LogP contribution in [0, 0.1) is 5.41 Å². The van der Waals surface area contributed by atoms with Crippen molar-refractivity contribution in [1.82, 2.24) is 0 Å². The van der Waals surface area contributed by atoms with Gasteiger partial charge in [0.2, 0.25) is 0 Å². The van der Waals surface area contributed by atoms with E-state index in [-0.39, 0.29) is 5.41 Å². The topological polar surface area (TPSA) is 9.23 Å². The van der Waals surface area contributed by atoms with E-state index in [0.29, 0.717) is 0 Å². The van der Waals surface area contributed by atoms with Crippen LogP contribution in [0.1, 0.15) is 71.9 Å². The van der Waals surface area contributed by atoms with Crippen LogP contribution in [0.4, 0.5) is 0 Å². The van der Waals surface area contributed by atoms with Crippen molar-refractivity contribution >= 4 is 22.2 Å². The van der Waals surface area contributed by atoms with E-state index in [1.807, 2.05) is 6.92 Å². The highest BCUT2D eigenvalue weighted by Crippen LogP contribution is 2.37. The fourth-order valence-electron chi connectivity index (χ4n) is 2.35. The standard InChI is InChI=1S/C23H34OS/c1-9-22(10-2)25-18(7)20-13-19(17(5)6)14-21(15-20)24-16-23(8,11-3)12-4/h9,13-15H,5,7,10-12,16H2,1-4,6,8H3/b22-9-. The molecule has 1 aromatic rings. The van der Waals surface area contributed by atoms with Crippen molar-refractivity contribution in [2.75, 3.05) is 6.61 Å². The highest BCUT2D eigenvalue weighted by Gasteiger charge is 2.21. The Morgan fingerprint density at radius 2 is 1.72 bits per heavy atom. The van der Waals surface area contributed by atoms with Crippen molar-refractivity contribution in [3.05, 3.63) is 53.5 Å². The summed E-state index contributed by atoms with van der Waals surface area (Å²) in [6.07, 6.45) is 5.40. The van der Waals surface area contributed by atoms with Crippen LogP contribution < -0.4 is 4.74 Å². The molecule has 0 aliphatic rings. The second kappa shape index (κ2) is 9.91. The number of hydrogen-bond donors (Lipinski definition) is 0. The van der Waals surface area contributed by atoms with E-state index in [2.05, 4.69) is 72.1 Å². The van der Waals surface area contributed by atoms with Gasteiger partial charge in [0.15, 0.2) is 0 Å². The lowest BCUT2D eigenvalue weighted by atomic mass is 9.86. The van der Waals surface area contributed by atoms with E-state index >= 15 is 0 Å². The van der Waals surface area contributed by atoms with E-state index in [9.17, 15) is 0 Å². The van der Waals surface area contributed by atoms with Gasteiger partial charge in [0, 0.05) is 10.3 Å². The molecule has 1 rings (SSSR count). The highest BCUT2D eigenvalue weighted by molar-refractivity contribution is 8.11. The fraction of sp³-hybridized carbons (Fsp3) is 0.478. The predicted molar refractivity (Wildman–Crippen MR) is 116 cm³/mol. The molecule has 1 aromatic carbocycles. The van der Waals surface area contributed by atoms with Gasteiger partial charge in [-0.2, -0.15) is 0 Å². The summed E-state index contributed by atoms with van der Waals surface area (Å²) in [5.41, 5.74) is 3.48. The molecule has 0 aliphatic carbocycles. The van der Waals surface area contributed by atoms with E-state index in [1.165, 1.54) is 4.91 Å². The molecule has 0 unspecified atom stereocenters. The van der Waals surface area contributed by atoms with E-state index < -0.39 is 0 Å². The predicted octanol–water partition coefficient (Wildman–Crippen LogP) is 7.94. The molecule has 0 aliphatic heterocycles. The minimum Gasteiger partial charge on any atom is -0.493 e. The van der Waals surface area contributed by atoms with Crippen LogP contribution in [0.15, 0.2) is 42.3 Å². The minimum atomic E-state index is 0.214. The van der Waals surface area contributed by atoms with Crippen LogP contribution in [0.2, 0.25) is 0 Å². The normalized spacial score (nSPS) is 12.2. The molecule has 25 heavy (non-hydrogen) atoms. The number of allylic oxidation sites excluding steroid dienone is 3. The number of hydrogen-bond acceptors (Lipinski definition) is 2. The SMILES string of the molecule is C=C(C)c1cc(OCC(C)(CC)CC)cc(C(=C)S/C(=C\C)CC)c1. The van der Waals surface area contributed by atoms with Crippen LogP contribution in [0.5, 0.6) is 5.75 Å². The average Bonchev–Trinajstić information content (AvgIpc) is 2.63. The first-order valence-corrected chi connectivity index (χ1v) is 10.1. The Kier molecular flexibility index (Phi) is 8.58. The molecule has 0 saturated carbocycles. The largest absolute Gasteiger partial charge is 0.493 e. The zero-order valence-corrected chi connectivity index (χ0v) is 17.7. The van der Waals surface area contributed by atoms with E-state index in [0.717, 1.165) is 53.2 Å². The molecule has 0 aromatic heterocycles. The zero-order valence-electron chi connectivity index (χ0n) is 16.9. The lowest BCUT2D eigenvalue weighted by molar-refractivity contribution is 0.152. The molecule has 0 radical (unpaired) electrons. The summed E-state index contributed by atoms with van der Waals surface area (Å²) in [6.45, 7) is 22.1. The van der Waals surface area contributed by atoms with Crippen LogP contribution >= 0.6 is 11.8 Å². The Hall–Kier alpha value is -1.41. The Labute approximate surface area is 159 Å². The lowest BCUT2D eigenvalue weighted by Gasteiger charge is -2.27. The van der Waals surface area contributed by atoms with Crippen molar-refractivity contribution in [2.24, 2.45) is 5.41 Å². The summed E-state index contributed by atoms with van der Waals surface area (Å²) in [6, 6.07) is 6.36. The molecule has 2 heteroatoms. The van der Waals surface area contributed by atoms with Crippen LogP contribution in [0.25, 0.3) is 10.5 Å². The van der Waals surface area contributed by atoms with Gasteiger partial charge in [-0.05, 0) is 67.3 Å². The molecule has 0 N–H and O–H groups in total. The molecule has 0 spiro atoms. The Morgan fingerprint density at radius 3 is 2.20 bits per heavy atom. The molecule has 0 amide bonds. The third kappa shape index (κ3) is 6.43. The van der Waals surface area contributed by atoms with Gasteiger partial charge in [0.25, 0.3) is 0 Å². The molecular weight excluding hydrogens is 324 g/mol. The van der Waals surface area contributed by atoms with Gasteiger partial charge >= 0.3 is 0 Å². The van der Waals surface area contributed by atoms with Crippen LogP contribution in [-0.4, -0.2) is 6.61 Å². The monoisotopic (exact) mass is 358 g/mol. The zero-order chi connectivity index (χ0) is 19.0. The van der Waals surface area contributed by atoms with Gasteiger partial charge in [-0.25, -0.2) is 0 Å². The molecule has 0 fully saturated rings. The summed E-state index contributed by atoms with van der Waals surface area (Å²) in [5.74, 6) is 0.906. The number of rotatable bonds is 10. The summed E-state index contributed by atoms with van der Waals surface area (Å²) < 4.78 is 6.19. The maximum Gasteiger partial charge on any atom is 0.120 e. The van der Waals surface area contributed by atoms with Crippen molar-refractivity contribution < 1.29 is 4.74 Å². The molecule has 0 heterocycles. The third-order valence-corrected chi connectivity index (χ3v) is 6.21. The van der Waals surface area contributed by atoms with Crippen LogP contribution in [0.3, 0.4) is 0 Å². The fourth-order valence-corrected chi connectivity index (χ4v) is 3.17. The Bertz CT molecular complexity index is 635. The van der Waals surface area contributed by atoms with Crippen molar-refractivity contribution in [1.29, 1.82) is 0 Å². The second-order valence-corrected chi connectivity index (χ2v) is 8.19. The van der Waals surface area contributed by atoms with E-state index in [1.54, 1.807) is 11.8 Å².